The molecule has 2 aromatic heterocycles. The van der Waals surface area contributed by atoms with E-state index in [-0.39, 0.29) is 0 Å². The van der Waals surface area contributed by atoms with Gasteiger partial charge in [-0.2, -0.15) is 4.98 Å². The number of anilines is 3. The molecule has 24 heavy (non-hydrogen) atoms. The zero-order valence-corrected chi connectivity index (χ0v) is 14.4. The summed E-state index contributed by atoms with van der Waals surface area (Å²) in [5.41, 5.74) is 2.60. The van der Waals surface area contributed by atoms with Crippen LogP contribution in [0.5, 0.6) is 0 Å². The molecule has 0 aromatic carbocycles. The van der Waals surface area contributed by atoms with Crippen LogP contribution in [-0.4, -0.2) is 40.1 Å². The first-order chi connectivity index (χ1) is 11.8. The van der Waals surface area contributed by atoms with Gasteiger partial charge in [0.15, 0.2) is 5.82 Å². The maximum atomic E-state index is 4.69. The van der Waals surface area contributed by atoms with E-state index < -0.39 is 0 Å². The molecule has 7 nitrogen and oxygen atoms in total. The molecule has 2 aliphatic rings. The Morgan fingerprint density at radius 3 is 1.96 bits per heavy atom. The Bertz CT molecular complexity index is 674. The van der Waals surface area contributed by atoms with Crippen molar-refractivity contribution in [1.82, 2.24) is 19.9 Å². The van der Waals surface area contributed by atoms with E-state index in [1.165, 1.54) is 25.7 Å². The van der Waals surface area contributed by atoms with Crippen molar-refractivity contribution in [2.45, 2.75) is 39.0 Å². The number of nitrogens with one attached hydrogen (secondary N) is 3. The number of fused-ring (bicyclic) bond motifs is 1. The van der Waals surface area contributed by atoms with Gasteiger partial charge in [-0.05, 0) is 43.9 Å². The van der Waals surface area contributed by atoms with Gasteiger partial charge < -0.3 is 16.0 Å². The van der Waals surface area contributed by atoms with E-state index in [0.717, 1.165) is 53.9 Å². The molecule has 3 N–H and O–H groups in total. The topological polar surface area (TPSA) is 87.7 Å². The second kappa shape index (κ2) is 6.37. The summed E-state index contributed by atoms with van der Waals surface area (Å²) in [4.78, 5) is 18.6. The Hall–Kier alpha value is -2.18. The predicted octanol–water partition coefficient (Wildman–Crippen LogP) is 2.67. The molecule has 0 atom stereocenters. The van der Waals surface area contributed by atoms with Gasteiger partial charge in [-0.1, -0.05) is 6.92 Å². The number of rotatable bonds is 8. The molecular weight excluding hydrogens is 302 g/mol. The minimum Gasteiger partial charge on any atom is -0.371 e. The van der Waals surface area contributed by atoms with E-state index in [1.807, 2.05) is 7.05 Å². The molecule has 2 heterocycles. The van der Waals surface area contributed by atoms with Crippen molar-refractivity contribution in [2.24, 2.45) is 11.8 Å². The summed E-state index contributed by atoms with van der Waals surface area (Å²) < 4.78 is 0. The third-order valence-electron chi connectivity index (χ3n) is 4.68. The minimum absolute atomic E-state index is 0.663. The highest BCUT2D eigenvalue weighted by atomic mass is 15.2. The third-order valence-corrected chi connectivity index (χ3v) is 4.68. The van der Waals surface area contributed by atoms with Gasteiger partial charge in [0.05, 0.1) is 5.69 Å². The maximum Gasteiger partial charge on any atom is 0.225 e. The summed E-state index contributed by atoms with van der Waals surface area (Å²) in [5.74, 6) is 3.66. The van der Waals surface area contributed by atoms with E-state index in [2.05, 4.69) is 42.8 Å². The summed E-state index contributed by atoms with van der Waals surface area (Å²) >= 11 is 0. The number of nitrogens with zero attached hydrogens (tertiary/aromatic N) is 4. The van der Waals surface area contributed by atoms with Crippen LogP contribution in [0.3, 0.4) is 0 Å². The molecule has 2 fully saturated rings. The van der Waals surface area contributed by atoms with Crippen molar-refractivity contribution < 1.29 is 0 Å². The van der Waals surface area contributed by atoms with Crippen LogP contribution in [-0.2, 0) is 6.42 Å². The van der Waals surface area contributed by atoms with Crippen LogP contribution >= 0.6 is 0 Å². The largest absolute Gasteiger partial charge is 0.371 e. The molecule has 0 saturated heterocycles. The summed E-state index contributed by atoms with van der Waals surface area (Å²) in [7, 11) is 1.87. The SMILES string of the molecule is CCc1nc(NCC2CC2)nc2c(NC)nc(NCC3CC3)nc12. The first kappa shape index (κ1) is 15.4. The zero-order valence-electron chi connectivity index (χ0n) is 14.4. The fraction of sp³-hybridized carbons (Fsp3) is 0.647. The number of aryl methyl sites for hydroxylation is 1. The fourth-order valence-electron chi connectivity index (χ4n) is 2.77. The van der Waals surface area contributed by atoms with Crippen LogP contribution < -0.4 is 16.0 Å². The first-order valence-corrected chi connectivity index (χ1v) is 9.01. The van der Waals surface area contributed by atoms with E-state index >= 15 is 0 Å². The molecule has 0 radical (unpaired) electrons. The average molecular weight is 327 g/mol. The Morgan fingerprint density at radius 1 is 0.833 bits per heavy atom. The van der Waals surface area contributed by atoms with E-state index in [9.17, 15) is 0 Å². The van der Waals surface area contributed by atoms with Crippen LogP contribution in [0.1, 0.15) is 38.3 Å². The highest BCUT2D eigenvalue weighted by Crippen LogP contribution is 2.30. The summed E-state index contributed by atoms with van der Waals surface area (Å²) in [6.45, 7) is 3.99. The molecule has 0 spiro atoms. The van der Waals surface area contributed by atoms with Crippen molar-refractivity contribution in [2.75, 3.05) is 36.1 Å². The lowest BCUT2D eigenvalue weighted by molar-refractivity contribution is 0.866. The van der Waals surface area contributed by atoms with E-state index in [1.54, 1.807) is 0 Å². The summed E-state index contributed by atoms with van der Waals surface area (Å²) in [5, 5.41) is 9.88. The molecule has 0 aliphatic heterocycles. The average Bonchev–Trinajstić information content (AvgIpc) is 3.51. The van der Waals surface area contributed by atoms with Crippen LogP contribution in [0.25, 0.3) is 11.0 Å². The van der Waals surface area contributed by atoms with Crippen molar-refractivity contribution in [1.29, 1.82) is 0 Å². The lowest BCUT2D eigenvalue weighted by Crippen LogP contribution is -2.12. The van der Waals surface area contributed by atoms with Gasteiger partial charge in [0.1, 0.15) is 11.0 Å². The van der Waals surface area contributed by atoms with Crippen molar-refractivity contribution in [3.8, 4) is 0 Å². The van der Waals surface area contributed by atoms with Gasteiger partial charge in [0, 0.05) is 20.1 Å². The molecular formula is C17H25N7. The summed E-state index contributed by atoms with van der Waals surface area (Å²) in [6.07, 6.45) is 6.04. The highest BCUT2D eigenvalue weighted by Gasteiger charge is 2.23. The molecule has 0 unspecified atom stereocenters. The van der Waals surface area contributed by atoms with Gasteiger partial charge in [-0.25, -0.2) is 15.0 Å². The molecule has 2 aliphatic carbocycles. The molecule has 0 bridgehead atoms. The molecule has 7 heteroatoms. The number of hydrogen-bond acceptors (Lipinski definition) is 7. The fourth-order valence-corrected chi connectivity index (χ4v) is 2.77. The Kier molecular flexibility index (Phi) is 4.08. The molecule has 2 aromatic rings. The van der Waals surface area contributed by atoms with Crippen LogP contribution in [0.2, 0.25) is 0 Å². The minimum atomic E-state index is 0.663. The van der Waals surface area contributed by atoms with E-state index in [0.29, 0.717) is 11.9 Å². The third kappa shape index (κ3) is 3.34. The van der Waals surface area contributed by atoms with Crippen LogP contribution in [0, 0.1) is 11.8 Å². The lowest BCUT2D eigenvalue weighted by atomic mass is 10.2. The van der Waals surface area contributed by atoms with Crippen molar-refractivity contribution in [3.63, 3.8) is 0 Å². The highest BCUT2D eigenvalue weighted by molar-refractivity contribution is 5.88. The van der Waals surface area contributed by atoms with Gasteiger partial charge in [-0.3, -0.25) is 0 Å². The van der Waals surface area contributed by atoms with Crippen LogP contribution in [0.15, 0.2) is 0 Å². The smallest absolute Gasteiger partial charge is 0.225 e. The van der Waals surface area contributed by atoms with Gasteiger partial charge in [0.2, 0.25) is 11.9 Å². The first-order valence-electron chi connectivity index (χ1n) is 9.01. The van der Waals surface area contributed by atoms with Crippen LogP contribution in [0.4, 0.5) is 17.7 Å². The molecule has 4 rings (SSSR count). The maximum absolute atomic E-state index is 4.69. The van der Waals surface area contributed by atoms with Gasteiger partial charge >= 0.3 is 0 Å². The van der Waals surface area contributed by atoms with E-state index in [4.69, 9.17) is 0 Å². The monoisotopic (exact) mass is 327 g/mol. The van der Waals surface area contributed by atoms with Gasteiger partial charge in [-0.15, -0.1) is 0 Å². The Labute approximate surface area is 142 Å². The van der Waals surface area contributed by atoms with Crippen molar-refractivity contribution in [3.05, 3.63) is 5.69 Å². The molecule has 128 valence electrons. The second-order valence-electron chi connectivity index (χ2n) is 6.84. The normalized spacial score (nSPS) is 17.1. The lowest BCUT2D eigenvalue weighted by Gasteiger charge is -2.13. The quantitative estimate of drug-likeness (QED) is 0.687. The Balaban J connectivity index is 1.67. The summed E-state index contributed by atoms with van der Waals surface area (Å²) in [6, 6.07) is 0. The number of hydrogen-bond donors (Lipinski definition) is 3. The second-order valence-corrected chi connectivity index (χ2v) is 6.84. The standard InChI is InChI=1S/C17H25N7/c1-3-12-13-14(23-16(21-12)19-8-10-4-5-10)15(18-2)24-17(22-13)20-9-11-6-7-11/h10-11H,3-9H2,1-2H3,(H,19,21,23)(H2,18,20,22,24). The van der Waals surface area contributed by atoms with Crippen molar-refractivity contribution >= 4 is 28.7 Å². The Morgan fingerprint density at radius 2 is 1.42 bits per heavy atom. The molecule has 0 amide bonds. The van der Waals surface area contributed by atoms with Gasteiger partial charge in [0.25, 0.3) is 0 Å². The predicted molar refractivity (Wildman–Crippen MR) is 96.5 cm³/mol. The number of aromatic nitrogens is 4. The molecule has 2 saturated carbocycles. The zero-order chi connectivity index (χ0) is 16.5.